The number of benzene rings is 1. The Balaban J connectivity index is 2.00. The summed E-state index contributed by atoms with van der Waals surface area (Å²) in [6.07, 6.45) is 3.91. The molecular weight excluding hydrogens is 334 g/mol. The van der Waals surface area contributed by atoms with E-state index in [4.69, 9.17) is 11.1 Å². The summed E-state index contributed by atoms with van der Waals surface area (Å²) in [5, 5.41) is 7.39. The van der Waals surface area contributed by atoms with Gasteiger partial charge in [-0.2, -0.15) is 0 Å². The molecule has 8 heteroatoms. The summed E-state index contributed by atoms with van der Waals surface area (Å²) in [5.74, 6) is -0.519. The molecule has 0 fully saturated rings. The van der Waals surface area contributed by atoms with Crippen LogP contribution in [0.15, 0.2) is 36.7 Å². The van der Waals surface area contributed by atoms with Crippen molar-refractivity contribution in [3.05, 3.63) is 48.0 Å². The number of nitrogens with one attached hydrogen (secondary N) is 1. The van der Waals surface area contributed by atoms with Gasteiger partial charge in [0.25, 0.3) is 5.91 Å². The second-order valence-electron chi connectivity index (χ2n) is 5.69. The fourth-order valence-electron chi connectivity index (χ4n) is 2.26. The molecule has 0 saturated heterocycles. The first kappa shape index (κ1) is 19.0. The van der Waals surface area contributed by atoms with E-state index in [1.807, 2.05) is 12.1 Å². The highest BCUT2D eigenvalue weighted by Crippen LogP contribution is 2.18. The molecule has 26 heavy (non-hydrogen) atoms. The van der Waals surface area contributed by atoms with Crippen LogP contribution in [0.2, 0.25) is 0 Å². The predicted molar refractivity (Wildman–Crippen MR) is 96.7 cm³/mol. The van der Waals surface area contributed by atoms with Crippen molar-refractivity contribution in [1.82, 2.24) is 14.9 Å². The lowest BCUT2D eigenvalue weighted by Gasteiger charge is -2.15. The number of amides is 1. The first-order valence-electron chi connectivity index (χ1n) is 8.01. The fraction of sp³-hybridized carbons (Fsp3) is 0.278. The van der Waals surface area contributed by atoms with Crippen molar-refractivity contribution >= 4 is 17.7 Å². The Morgan fingerprint density at radius 3 is 2.31 bits per heavy atom. The Morgan fingerprint density at radius 1 is 1.15 bits per heavy atom. The van der Waals surface area contributed by atoms with Crippen molar-refractivity contribution in [3.8, 4) is 11.1 Å². The Morgan fingerprint density at radius 2 is 1.77 bits per heavy atom. The van der Waals surface area contributed by atoms with Crippen molar-refractivity contribution < 1.29 is 14.3 Å². The number of hydrogen-bond donors (Lipinski definition) is 2. The summed E-state index contributed by atoms with van der Waals surface area (Å²) in [7, 11) is 2.97. The maximum Gasteiger partial charge on any atom is 0.305 e. The SMILES string of the molecule is COC(=O)CCCN(C)C(=O)c1ncc(-c2ccc(C(=N)N)cc2)cn1. The lowest BCUT2D eigenvalue weighted by atomic mass is 10.1. The van der Waals surface area contributed by atoms with Crippen molar-refractivity contribution in [1.29, 1.82) is 5.41 Å². The summed E-state index contributed by atoms with van der Waals surface area (Å²) in [4.78, 5) is 33.1. The summed E-state index contributed by atoms with van der Waals surface area (Å²) in [6.45, 7) is 0.408. The topological polar surface area (TPSA) is 122 Å². The number of nitrogens with two attached hydrogens (primary N) is 1. The van der Waals surface area contributed by atoms with Crippen LogP contribution in [0.1, 0.15) is 29.0 Å². The van der Waals surface area contributed by atoms with Gasteiger partial charge in [0.1, 0.15) is 5.84 Å². The molecule has 0 spiro atoms. The molecule has 0 radical (unpaired) electrons. The van der Waals surface area contributed by atoms with E-state index in [0.29, 0.717) is 18.5 Å². The number of nitrogens with zero attached hydrogens (tertiary/aromatic N) is 3. The molecule has 0 bridgehead atoms. The summed E-state index contributed by atoms with van der Waals surface area (Å²) < 4.78 is 4.57. The number of rotatable bonds is 7. The van der Waals surface area contributed by atoms with Crippen LogP contribution in [0.25, 0.3) is 11.1 Å². The number of nitrogen functional groups attached to an aromatic ring is 1. The van der Waals surface area contributed by atoms with Crippen LogP contribution in [0.3, 0.4) is 0 Å². The Labute approximate surface area is 151 Å². The van der Waals surface area contributed by atoms with E-state index < -0.39 is 0 Å². The lowest BCUT2D eigenvalue weighted by molar-refractivity contribution is -0.140. The summed E-state index contributed by atoms with van der Waals surface area (Å²) >= 11 is 0. The van der Waals surface area contributed by atoms with Gasteiger partial charge in [0, 0.05) is 43.5 Å². The molecule has 0 unspecified atom stereocenters. The number of methoxy groups -OCH3 is 1. The van der Waals surface area contributed by atoms with Gasteiger partial charge in [-0.25, -0.2) is 9.97 Å². The molecule has 1 heterocycles. The number of esters is 1. The Hall–Kier alpha value is -3.29. The van der Waals surface area contributed by atoms with E-state index in [0.717, 1.165) is 11.1 Å². The van der Waals surface area contributed by atoms with Gasteiger partial charge in [-0.1, -0.05) is 24.3 Å². The average molecular weight is 355 g/mol. The summed E-state index contributed by atoms with van der Waals surface area (Å²) in [6, 6.07) is 7.11. The molecule has 2 aromatic rings. The molecule has 0 saturated carbocycles. The number of hydrogen-bond acceptors (Lipinski definition) is 6. The zero-order valence-electron chi connectivity index (χ0n) is 14.7. The molecule has 8 nitrogen and oxygen atoms in total. The normalized spacial score (nSPS) is 10.2. The van der Waals surface area contributed by atoms with Crippen LogP contribution in [0.4, 0.5) is 0 Å². The quantitative estimate of drug-likeness (QED) is 0.440. The Kier molecular flexibility index (Phi) is 6.37. The number of aromatic nitrogens is 2. The lowest BCUT2D eigenvalue weighted by Crippen LogP contribution is -2.29. The third-order valence-corrected chi connectivity index (χ3v) is 3.82. The molecule has 2 rings (SSSR count). The van der Waals surface area contributed by atoms with E-state index in [1.54, 1.807) is 31.6 Å². The highest BCUT2D eigenvalue weighted by atomic mass is 16.5. The number of carbonyl (C=O) groups is 2. The zero-order valence-corrected chi connectivity index (χ0v) is 14.7. The van der Waals surface area contributed by atoms with Gasteiger partial charge >= 0.3 is 5.97 Å². The van der Waals surface area contributed by atoms with E-state index >= 15 is 0 Å². The van der Waals surface area contributed by atoms with Crippen LogP contribution >= 0.6 is 0 Å². The monoisotopic (exact) mass is 355 g/mol. The predicted octanol–water partition coefficient (Wildman–Crippen LogP) is 1.45. The van der Waals surface area contributed by atoms with Crippen molar-refractivity contribution in [2.24, 2.45) is 5.73 Å². The van der Waals surface area contributed by atoms with Crippen LogP contribution in [0, 0.1) is 5.41 Å². The molecule has 1 aromatic heterocycles. The third-order valence-electron chi connectivity index (χ3n) is 3.82. The largest absolute Gasteiger partial charge is 0.469 e. The first-order valence-corrected chi connectivity index (χ1v) is 8.01. The van der Waals surface area contributed by atoms with Crippen molar-refractivity contribution in [2.75, 3.05) is 20.7 Å². The minimum atomic E-state index is -0.312. The molecule has 0 atom stereocenters. The van der Waals surface area contributed by atoms with Crippen LogP contribution in [0.5, 0.6) is 0 Å². The zero-order chi connectivity index (χ0) is 19.1. The van der Waals surface area contributed by atoms with E-state index in [-0.39, 0.29) is 30.0 Å². The van der Waals surface area contributed by atoms with Gasteiger partial charge in [-0.3, -0.25) is 15.0 Å². The van der Waals surface area contributed by atoms with E-state index in [9.17, 15) is 9.59 Å². The van der Waals surface area contributed by atoms with Crippen LogP contribution in [-0.4, -0.2) is 53.3 Å². The second-order valence-corrected chi connectivity index (χ2v) is 5.69. The van der Waals surface area contributed by atoms with Crippen molar-refractivity contribution in [3.63, 3.8) is 0 Å². The molecule has 1 amide bonds. The maximum absolute atomic E-state index is 12.3. The molecule has 0 aliphatic rings. The minimum absolute atomic E-state index is 0.00369. The molecule has 1 aromatic carbocycles. The van der Waals surface area contributed by atoms with Gasteiger partial charge < -0.3 is 15.4 Å². The molecule has 0 aliphatic carbocycles. The van der Waals surface area contributed by atoms with Gasteiger partial charge in [-0.05, 0) is 12.0 Å². The van der Waals surface area contributed by atoms with E-state index in [1.165, 1.54) is 12.0 Å². The number of ether oxygens (including phenoxy) is 1. The van der Waals surface area contributed by atoms with Gasteiger partial charge in [-0.15, -0.1) is 0 Å². The maximum atomic E-state index is 12.3. The van der Waals surface area contributed by atoms with Crippen LogP contribution in [-0.2, 0) is 9.53 Å². The smallest absolute Gasteiger partial charge is 0.305 e. The van der Waals surface area contributed by atoms with Crippen molar-refractivity contribution in [2.45, 2.75) is 12.8 Å². The second kappa shape index (κ2) is 8.70. The van der Waals surface area contributed by atoms with Gasteiger partial charge in [0.05, 0.1) is 7.11 Å². The minimum Gasteiger partial charge on any atom is -0.469 e. The number of amidine groups is 1. The summed E-state index contributed by atoms with van der Waals surface area (Å²) in [5.41, 5.74) is 7.68. The molecular formula is C18H21N5O3. The highest BCUT2D eigenvalue weighted by Gasteiger charge is 2.15. The number of carbonyl (C=O) groups excluding carboxylic acids is 2. The standard InChI is InChI=1S/C18H21N5O3/c1-23(9-3-4-15(24)26-2)18(25)17-21-10-14(11-22-17)12-5-7-13(8-6-12)16(19)20/h5-8,10-11H,3-4,9H2,1-2H3,(H3,19,20). The molecule has 136 valence electrons. The van der Waals surface area contributed by atoms with Gasteiger partial charge in [0.15, 0.2) is 0 Å². The first-order chi connectivity index (χ1) is 12.4. The Bertz CT molecular complexity index is 787. The molecule has 0 aliphatic heterocycles. The van der Waals surface area contributed by atoms with E-state index in [2.05, 4.69) is 14.7 Å². The van der Waals surface area contributed by atoms with Crippen LogP contribution < -0.4 is 5.73 Å². The fourth-order valence-corrected chi connectivity index (χ4v) is 2.26. The average Bonchev–Trinajstić information content (AvgIpc) is 2.67. The highest BCUT2D eigenvalue weighted by molar-refractivity contribution is 5.95. The van der Waals surface area contributed by atoms with Gasteiger partial charge in [0.2, 0.25) is 5.82 Å². The third kappa shape index (κ3) is 4.85. The molecule has 3 N–H and O–H groups in total.